The largest absolute Gasteiger partial charge is 0.485 e. The quantitative estimate of drug-likeness (QED) is 0.827. The molecular weight excluding hydrogens is 290 g/mol. The van der Waals surface area contributed by atoms with Crippen LogP contribution in [0.1, 0.15) is 33.1 Å². The van der Waals surface area contributed by atoms with Gasteiger partial charge in [-0.3, -0.25) is 0 Å². The van der Waals surface area contributed by atoms with Crippen molar-refractivity contribution in [1.29, 1.82) is 0 Å². The Kier molecular flexibility index (Phi) is 3.27. The highest BCUT2D eigenvalue weighted by molar-refractivity contribution is 9.10. The average Bonchev–Trinajstić information content (AvgIpc) is 2.36. The van der Waals surface area contributed by atoms with Gasteiger partial charge in [0.15, 0.2) is 5.75 Å². The number of halogens is 1. The second kappa shape index (κ2) is 4.76. The molecule has 3 heteroatoms. The van der Waals surface area contributed by atoms with E-state index in [0.29, 0.717) is 12.1 Å². The monoisotopic (exact) mass is 309 g/mol. The maximum Gasteiger partial charge on any atom is 0.157 e. The summed E-state index contributed by atoms with van der Waals surface area (Å²) in [5.74, 6) is 2.59. The van der Waals surface area contributed by atoms with E-state index in [-0.39, 0.29) is 0 Å². The highest BCUT2D eigenvalue weighted by Crippen LogP contribution is 2.42. The fourth-order valence-corrected chi connectivity index (χ4v) is 3.63. The zero-order valence-corrected chi connectivity index (χ0v) is 12.5. The lowest BCUT2D eigenvalue weighted by Crippen LogP contribution is -2.46. The number of nitrogens with one attached hydrogen (secondary N) is 1. The van der Waals surface area contributed by atoms with Gasteiger partial charge in [-0.15, -0.1) is 0 Å². The van der Waals surface area contributed by atoms with E-state index >= 15 is 0 Å². The highest BCUT2D eigenvalue weighted by Gasteiger charge is 2.36. The number of anilines is 1. The van der Waals surface area contributed by atoms with Gasteiger partial charge in [0.1, 0.15) is 6.10 Å². The van der Waals surface area contributed by atoms with Gasteiger partial charge in [-0.1, -0.05) is 19.9 Å². The Bertz CT molecular complexity index is 446. The first-order chi connectivity index (χ1) is 8.65. The number of benzene rings is 1. The lowest BCUT2D eigenvalue weighted by Gasteiger charge is -2.42. The Morgan fingerprint density at radius 3 is 2.94 bits per heavy atom. The second-order valence-electron chi connectivity index (χ2n) is 5.84. The van der Waals surface area contributed by atoms with E-state index in [4.69, 9.17) is 4.74 Å². The fourth-order valence-electron chi connectivity index (χ4n) is 3.17. The van der Waals surface area contributed by atoms with Crippen LogP contribution in [0.4, 0.5) is 5.69 Å². The van der Waals surface area contributed by atoms with E-state index < -0.39 is 0 Å². The molecule has 1 fully saturated rings. The summed E-state index contributed by atoms with van der Waals surface area (Å²) in [6, 6.07) is 6.69. The van der Waals surface area contributed by atoms with Crippen LogP contribution in [0, 0.1) is 11.8 Å². The van der Waals surface area contributed by atoms with Crippen LogP contribution < -0.4 is 10.1 Å². The van der Waals surface area contributed by atoms with Gasteiger partial charge in [-0.25, -0.2) is 0 Å². The van der Waals surface area contributed by atoms with Crippen molar-refractivity contribution in [3.8, 4) is 5.75 Å². The Hall–Kier alpha value is -0.700. The van der Waals surface area contributed by atoms with Crippen molar-refractivity contribution in [1.82, 2.24) is 0 Å². The third-order valence-corrected chi connectivity index (χ3v) is 4.97. The molecule has 0 aromatic heterocycles. The highest BCUT2D eigenvalue weighted by atomic mass is 79.9. The predicted molar refractivity (Wildman–Crippen MR) is 78.1 cm³/mol. The Labute approximate surface area is 117 Å². The molecule has 98 valence electrons. The molecule has 0 saturated heterocycles. The van der Waals surface area contributed by atoms with Crippen LogP contribution in [0.15, 0.2) is 22.7 Å². The number of hydrogen-bond acceptors (Lipinski definition) is 2. The molecule has 3 rings (SSSR count). The van der Waals surface area contributed by atoms with Gasteiger partial charge in [-0.2, -0.15) is 0 Å². The molecule has 1 aliphatic heterocycles. The van der Waals surface area contributed by atoms with Crippen molar-refractivity contribution in [2.24, 2.45) is 11.8 Å². The Balaban J connectivity index is 1.82. The van der Waals surface area contributed by atoms with Gasteiger partial charge in [0.05, 0.1) is 16.2 Å². The number of hydrogen-bond donors (Lipinski definition) is 1. The molecule has 1 heterocycles. The van der Waals surface area contributed by atoms with Gasteiger partial charge in [-0.05, 0) is 59.2 Å². The Morgan fingerprint density at radius 1 is 1.33 bits per heavy atom. The van der Waals surface area contributed by atoms with Crippen molar-refractivity contribution in [2.75, 3.05) is 5.32 Å². The first kappa shape index (κ1) is 12.3. The van der Waals surface area contributed by atoms with Crippen molar-refractivity contribution < 1.29 is 4.74 Å². The van der Waals surface area contributed by atoms with Crippen LogP contribution in [-0.2, 0) is 0 Å². The minimum atomic E-state index is 0.339. The standard InChI is InChI=1S/C15H20BrNO/c1-9(2)10-6-7-14-13(8-10)17-12-5-3-4-11(16)15(12)18-14/h3-5,9-10,13-14,17H,6-8H2,1-2H3. The summed E-state index contributed by atoms with van der Waals surface area (Å²) in [5.41, 5.74) is 1.13. The molecule has 0 bridgehead atoms. The molecule has 1 N–H and O–H groups in total. The Morgan fingerprint density at radius 2 is 2.17 bits per heavy atom. The summed E-state index contributed by atoms with van der Waals surface area (Å²) >= 11 is 3.57. The van der Waals surface area contributed by atoms with E-state index in [1.807, 2.05) is 6.07 Å². The first-order valence-electron chi connectivity index (χ1n) is 6.87. The molecule has 1 aromatic rings. The summed E-state index contributed by atoms with van der Waals surface area (Å²) in [6.07, 6.45) is 4.03. The van der Waals surface area contributed by atoms with Crippen LogP contribution >= 0.6 is 15.9 Å². The van der Waals surface area contributed by atoms with Gasteiger partial charge in [0, 0.05) is 0 Å². The van der Waals surface area contributed by atoms with Gasteiger partial charge >= 0.3 is 0 Å². The molecule has 3 atom stereocenters. The lowest BCUT2D eigenvalue weighted by atomic mass is 9.77. The molecule has 1 saturated carbocycles. The number of ether oxygens (including phenoxy) is 1. The van der Waals surface area contributed by atoms with E-state index in [1.54, 1.807) is 0 Å². The van der Waals surface area contributed by atoms with Crippen LogP contribution in [0.25, 0.3) is 0 Å². The third-order valence-electron chi connectivity index (χ3n) is 4.35. The minimum absolute atomic E-state index is 0.339. The van der Waals surface area contributed by atoms with Gasteiger partial charge in [0.25, 0.3) is 0 Å². The predicted octanol–water partition coefficient (Wildman–Crippen LogP) is 4.45. The fraction of sp³-hybridized carbons (Fsp3) is 0.600. The zero-order chi connectivity index (χ0) is 12.7. The zero-order valence-electron chi connectivity index (χ0n) is 10.9. The van der Waals surface area contributed by atoms with Crippen molar-refractivity contribution >= 4 is 21.6 Å². The van der Waals surface area contributed by atoms with Crippen molar-refractivity contribution in [3.05, 3.63) is 22.7 Å². The maximum absolute atomic E-state index is 6.19. The molecule has 0 radical (unpaired) electrons. The summed E-state index contributed by atoms with van der Waals surface area (Å²) in [5, 5.41) is 3.67. The summed E-state index contributed by atoms with van der Waals surface area (Å²) in [7, 11) is 0. The van der Waals surface area contributed by atoms with E-state index in [0.717, 1.165) is 27.7 Å². The molecule has 0 amide bonds. The number of rotatable bonds is 1. The molecule has 1 aromatic carbocycles. The van der Waals surface area contributed by atoms with Crippen LogP contribution in [-0.4, -0.2) is 12.1 Å². The minimum Gasteiger partial charge on any atom is -0.485 e. The van der Waals surface area contributed by atoms with Crippen LogP contribution in [0.5, 0.6) is 5.75 Å². The summed E-state index contributed by atoms with van der Waals surface area (Å²) < 4.78 is 7.24. The molecule has 3 unspecified atom stereocenters. The van der Waals surface area contributed by atoms with E-state index in [9.17, 15) is 0 Å². The SMILES string of the molecule is CC(C)C1CCC2Oc3c(Br)cccc3NC2C1. The maximum atomic E-state index is 6.19. The number of para-hydroxylation sites is 1. The van der Waals surface area contributed by atoms with Crippen molar-refractivity contribution in [3.63, 3.8) is 0 Å². The molecule has 2 aliphatic rings. The van der Waals surface area contributed by atoms with Gasteiger partial charge in [0.2, 0.25) is 0 Å². The molecule has 2 nitrogen and oxygen atoms in total. The molecule has 18 heavy (non-hydrogen) atoms. The normalized spacial score (nSPS) is 30.1. The van der Waals surface area contributed by atoms with Crippen LogP contribution in [0.3, 0.4) is 0 Å². The molecule has 0 spiro atoms. The summed E-state index contributed by atoms with van der Waals surface area (Å²) in [4.78, 5) is 0. The third kappa shape index (κ3) is 2.13. The number of fused-ring (bicyclic) bond motifs is 2. The lowest BCUT2D eigenvalue weighted by molar-refractivity contribution is 0.0940. The summed E-state index contributed by atoms with van der Waals surface area (Å²) in [6.45, 7) is 4.67. The van der Waals surface area contributed by atoms with Crippen molar-refractivity contribution in [2.45, 2.75) is 45.3 Å². The molecule has 1 aliphatic carbocycles. The van der Waals surface area contributed by atoms with E-state index in [2.05, 4.69) is 47.2 Å². The smallest absolute Gasteiger partial charge is 0.157 e. The van der Waals surface area contributed by atoms with Gasteiger partial charge < -0.3 is 10.1 Å². The van der Waals surface area contributed by atoms with E-state index in [1.165, 1.54) is 19.3 Å². The first-order valence-corrected chi connectivity index (χ1v) is 7.66. The topological polar surface area (TPSA) is 21.3 Å². The van der Waals surface area contributed by atoms with Crippen LogP contribution in [0.2, 0.25) is 0 Å². The second-order valence-corrected chi connectivity index (χ2v) is 6.70. The molecular formula is C15H20BrNO. The average molecular weight is 310 g/mol.